The van der Waals surface area contributed by atoms with Crippen molar-refractivity contribution in [3.8, 4) is 0 Å². The first-order valence-corrected chi connectivity index (χ1v) is 8.27. The number of esters is 2. The molecule has 0 atom stereocenters. The maximum atomic E-state index is 12.3. The molecule has 0 N–H and O–H groups in total. The van der Waals surface area contributed by atoms with Gasteiger partial charge in [-0.25, -0.2) is 9.59 Å². The summed E-state index contributed by atoms with van der Waals surface area (Å²) in [4.78, 5) is 26.5. The van der Waals surface area contributed by atoms with Gasteiger partial charge in [-0.2, -0.15) is 11.8 Å². The smallest absolute Gasteiger partial charge is 0.340 e. The van der Waals surface area contributed by atoms with Crippen molar-refractivity contribution >= 4 is 23.7 Å². The minimum atomic E-state index is -0.458. The van der Waals surface area contributed by atoms with Crippen LogP contribution in [-0.4, -0.2) is 55.7 Å². The predicted octanol–water partition coefficient (Wildman–Crippen LogP) is 1.75. The topological polar surface area (TPSA) is 55.8 Å². The van der Waals surface area contributed by atoms with Crippen molar-refractivity contribution in [2.24, 2.45) is 0 Å². The predicted molar refractivity (Wildman–Crippen MR) is 81.9 cm³/mol. The summed E-state index contributed by atoms with van der Waals surface area (Å²) < 4.78 is 9.78. The first kappa shape index (κ1) is 15.9. The molecule has 1 fully saturated rings. The van der Waals surface area contributed by atoms with Gasteiger partial charge in [0, 0.05) is 24.5 Å². The lowest BCUT2D eigenvalue weighted by molar-refractivity contribution is -0.139. The normalized spacial score (nSPS) is 25.6. The van der Waals surface area contributed by atoms with E-state index in [1.807, 2.05) is 6.08 Å². The first-order valence-electron chi connectivity index (χ1n) is 7.12. The Balaban J connectivity index is 2.49. The molecule has 0 unspecified atom stereocenters. The van der Waals surface area contributed by atoms with Crippen molar-refractivity contribution in [2.75, 3.05) is 38.8 Å². The Morgan fingerprint density at radius 2 is 1.81 bits per heavy atom. The number of hydrogen-bond donors (Lipinski definition) is 0. The largest absolute Gasteiger partial charge is 0.466 e. The Labute approximate surface area is 129 Å². The molecular weight excluding hydrogens is 290 g/mol. The maximum absolute atomic E-state index is 12.3. The van der Waals surface area contributed by atoms with E-state index < -0.39 is 11.9 Å². The van der Waals surface area contributed by atoms with Gasteiger partial charge < -0.3 is 14.4 Å². The summed E-state index contributed by atoms with van der Waals surface area (Å²) >= 11 is 1.75. The van der Waals surface area contributed by atoms with E-state index in [1.165, 1.54) is 14.2 Å². The van der Waals surface area contributed by atoms with E-state index in [-0.39, 0.29) is 0 Å². The molecule has 116 valence electrons. The molecule has 0 aromatic carbocycles. The van der Waals surface area contributed by atoms with Gasteiger partial charge in [0.05, 0.1) is 25.4 Å². The van der Waals surface area contributed by atoms with E-state index in [9.17, 15) is 9.59 Å². The summed E-state index contributed by atoms with van der Waals surface area (Å²) in [6.45, 7) is 1.82. The van der Waals surface area contributed by atoms with Crippen molar-refractivity contribution in [1.29, 1.82) is 0 Å². The van der Waals surface area contributed by atoms with Crippen LogP contribution in [0.25, 0.3) is 0 Å². The summed E-state index contributed by atoms with van der Waals surface area (Å²) in [5.74, 6) is 0.721. The van der Waals surface area contributed by atoms with Gasteiger partial charge in [0.2, 0.25) is 0 Å². The van der Waals surface area contributed by atoms with Crippen LogP contribution in [0.3, 0.4) is 0 Å². The molecule has 0 spiro atoms. The standard InChI is InChI=1S/C15H21NO4S/c1-19-14(17)11-5-9-21-10-6-12(13(11)15(18)20-2)16-7-3-4-8-16/h6H,3-5,7-10H2,1-2H3/b12-6+,13-11-. The van der Waals surface area contributed by atoms with E-state index in [4.69, 9.17) is 9.47 Å². The van der Waals surface area contributed by atoms with Gasteiger partial charge in [0.15, 0.2) is 0 Å². The molecule has 6 heteroatoms. The number of likely N-dealkylation sites (tertiary alicyclic amines) is 1. The molecule has 21 heavy (non-hydrogen) atoms. The molecule has 2 rings (SSSR count). The Bertz CT molecular complexity index is 478. The zero-order valence-corrected chi connectivity index (χ0v) is 13.3. The minimum Gasteiger partial charge on any atom is -0.466 e. The van der Waals surface area contributed by atoms with Crippen molar-refractivity contribution in [3.63, 3.8) is 0 Å². The highest BCUT2D eigenvalue weighted by atomic mass is 32.2. The Morgan fingerprint density at radius 3 is 2.43 bits per heavy atom. The fraction of sp³-hybridized carbons (Fsp3) is 0.600. The maximum Gasteiger partial charge on any atom is 0.340 e. The SMILES string of the molecule is COC(=O)/C1=C(C(=O)OC)/C(N2CCCC2)=C\CSCC1. The van der Waals surface area contributed by atoms with Gasteiger partial charge >= 0.3 is 11.9 Å². The van der Waals surface area contributed by atoms with Crippen LogP contribution in [0.2, 0.25) is 0 Å². The van der Waals surface area contributed by atoms with E-state index >= 15 is 0 Å². The molecule has 0 bridgehead atoms. The quantitative estimate of drug-likeness (QED) is 0.740. The van der Waals surface area contributed by atoms with Gasteiger partial charge in [-0.15, -0.1) is 0 Å². The van der Waals surface area contributed by atoms with Gasteiger partial charge in [-0.3, -0.25) is 0 Å². The van der Waals surface area contributed by atoms with E-state index in [2.05, 4.69) is 4.90 Å². The van der Waals surface area contributed by atoms with Crippen LogP contribution in [-0.2, 0) is 19.1 Å². The number of carbonyl (C=O) groups excluding carboxylic acids is 2. The average Bonchev–Trinajstić information content (AvgIpc) is 3.00. The fourth-order valence-corrected chi connectivity index (χ4v) is 3.47. The lowest BCUT2D eigenvalue weighted by Gasteiger charge is -2.26. The minimum absolute atomic E-state index is 0.381. The molecule has 2 heterocycles. The number of hydrogen-bond acceptors (Lipinski definition) is 6. The lowest BCUT2D eigenvalue weighted by atomic mass is 10.0. The lowest BCUT2D eigenvalue weighted by Crippen LogP contribution is -2.27. The van der Waals surface area contributed by atoms with E-state index in [0.717, 1.165) is 43.1 Å². The van der Waals surface area contributed by atoms with E-state index in [1.54, 1.807) is 11.8 Å². The Hall–Kier alpha value is -1.43. The molecule has 0 aromatic heterocycles. The molecule has 0 saturated carbocycles. The van der Waals surface area contributed by atoms with Crippen LogP contribution in [0.5, 0.6) is 0 Å². The van der Waals surface area contributed by atoms with Crippen LogP contribution in [0.15, 0.2) is 22.9 Å². The highest BCUT2D eigenvalue weighted by Crippen LogP contribution is 2.29. The summed E-state index contributed by atoms with van der Waals surface area (Å²) in [5.41, 5.74) is 1.63. The van der Waals surface area contributed by atoms with Crippen LogP contribution >= 0.6 is 11.8 Å². The molecule has 0 amide bonds. The van der Waals surface area contributed by atoms with Crippen LogP contribution in [0.4, 0.5) is 0 Å². The Kier molecular flexibility index (Phi) is 5.73. The zero-order valence-electron chi connectivity index (χ0n) is 12.5. The molecule has 2 aliphatic rings. The molecule has 1 saturated heterocycles. The zero-order chi connectivity index (χ0) is 15.2. The van der Waals surface area contributed by atoms with Crippen molar-refractivity contribution < 1.29 is 19.1 Å². The third kappa shape index (κ3) is 3.61. The van der Waals surface area contributed by atoms with Crippen molar-refractivity contribution in [3.05, 3.63) is 22.9 Å². The highest BCUT2D eigenvalue weighted by Gasteiger charge is 2.30. The molecule has 0 radical (unpaired) electrons. The van der Waals surface area contributed by atoms with E-state index in [0.29, 0.717) is 17.6 Å². The number of methoxy groups -OCH3 is 2. The summed E-state index contributed by atoms with van der Waals surface area (Å²) in [6.07, 6.45) is 4.76. The van der Waals surface area contributed by atoms with Gasteiger partial charge in [0.1, 0.15) is 0 Å². The van der Waals surface area contributed by atoms with Gasteiger partial charge in [-0.05, 0) is 25.0 Å². The second kappa shape index (κ2) is 7.54. The average molecular weight is 311 g/mol. The third-order valence-corrected chi connectivity index (χ3v) is 4.61. The summed E-state index contributed by atoms with van der Waals surface area (Å²) in [7, 11) is 2.69. The van der Waals surface area contributed by atoms with Gasteiger partial charge in [-0.1, -0.05) is 6.08 Å². The number of nitrogens with zero attached hydrogens (tertiary/aromatic N) is 1. The molecule has 2 aliphatic heterocycles. The number of ether oxygens (including phenoxy) is 2. The fourth-order valence-electron chi connectivity index (χ4n) is 2.68. The van der Waals surface area contributed by atoms with Crippen molar-refractivity contribution in [2.45, 2.75) is 19.3 Å². The second-order valence-electron chi connectivity index (χ2n) is 4.95. The molecular formula is C15H21NO4S. The summed E-state index contributed by atoms with van der Waals surface area (Å²) in [5, 5.41) is 0. The second-order valence-corrected chi connectivity index (χ2v) is 6.09. The first-order chi connectivity index (χ1) is 10.2. The van der Waals surface area contributed by atoms with Crippen LogP contribution in [0.1, 0.15) is 19.3 Å². The van der Waals surface area contributed by atoms with Gasteiger partial charge in [0.25, 0.3) is 0 Å². The number of rotatable bonds is 3. The third-order valence-electron chi connectivity index (χ3n) is 3.72. The highest BCUT2D eigenvalue weighted by molar-refractivity contribution is 7.99. The van der Waals surface area contributed by atoms with Crippen molar-refractivity contribution in [1.82, 2.24) is 4.90 Å². The number of thioether (sulfide) groups is 1. The Morgan fingerprint density at radius 1 is 1.14 bits per heavy atom. The summed E-state index contributed by atoms with van der Waals surface area (Å²) in [6, 6.07) is 0. The molecule has 5 nitrogen and oxygen atoms in total. The molecule has 0 aliphatic carbocycles. The molecule has 0 aromatic rings. The monoisotopic (exact) mass is 311 g/mol. The van der Waals surface area contributed by atoms with Crippen LogP contribution < -0.4 is 0 Å². The number of carbonyl (C=O) groups is 2. The van der Waals surface area contributed by atoms with Crippen LogP contribution in [0, 0.1) is 0 Å².